The van der Waals surface area contributed by atoms with Gasteiger partial charge in [-0.2, -0.15) is 10.2 Å². The van der Waals surface area contributed by atoms with Crippen molar-refractivity contribution in [2.24, 2.45) is 10.2 Å². The van der Waals surface area contributed by atoms with Gasteiger partial charge in [0.25, 0.3) is 0 Å². The van der Waals surface area contributed by atoms with Crippen molar-refractivity contribution in [1.29, 1.82) is 0 Å². The van der Waals surface area contributed by atoms with Crippen molar-refractivity contribution in [2.45, 2.75) is 26.7 Å². The predicted molar refractivity (Wildman–Crippen MR) is 86.7 cm³/mol. The minimum Gasteiger partial charge on any atom is -0.207 e. The zero-order valence-corrected chi connectivity index (χ0v) is 12.7. The number of hydrogen-bond acceptors (Lipinski definition) is 2. The summed E-state index contributed by atoms with van der Waals surface area (Å²) in [7, 11) is 0. The van der Waals surface area contributed by atoms with E-state index in [4.69, 9.17) is 0 Å². The van der Waals surface area contributed by atoms with Crippen LogP contribution in [0.4, 0.5) is 8.78 Å². The molecule has 2 aromatic rings. The highest BCUT2D eigenvalue weighted by atomic mass is 19.1. The highest BCUT2D eigenvalue weighted by Crippen LogP contribution is 2.13. The average Bonchev–Trinajstić information content (AvgIpc) is 2.51. The summed E-state index contributed by atoms with van der Waals surface area (Å²) in [4.78, 5) is 0. The zero-order chi connectivity index (χ0) is 15.9. The normalized spacial score (nSPS) is 11.6. The van der Waals surface area contributed by atoms with Gasteiger partial charge in [-0.1, -0.05) is 37.6 Å². The van der Waals surface area contributed by atoms with Gasteiger partial charge < -0.3 is 0 Å². The molecule has 0 amide bonds. The number of halogens is 2. The minimum atomic E-state index is -0.586. The maximum Gasteiger partial charge on any atom is 0.129 e. The third-order valence-corrected chi connectivity index (χ3v) is 3.30. The lowest BCUT2D eigenvalue weighted by Crippen LogP contribution is -1.92. The Morgan fingerprint density at radius 2 is 1.45 bits per heavy atom. The van der Waals surface area contributed by atoms with Crippen molar-refractivity contribution >= 4 is 12.4 Å². The molecule has 0 aliphatic rings. The number of benzene rings is 2. The first-order valence-electron chi connectivity index (χ1n) is 7.21. The van der Waals surface area contributed by atoms with Gasteiger partial charge in [0.15, 0.2) is 0 Å². The van der Waals surface area contributed by atoms with E-state index >= 15 is 0 Å². The summed E-state index contributed by atoms with van der Waals surface area (Å²) in [6, 6.07) is 10.5. The van der Waals surface area contributed by atoms with Crippen LogP contribution in [0.15, 0.2) is 46.6 Å². The fourth-order valence-electron chi connectivity index (χ4n) is 2.00. The van der Waals surface area contributed by atoms with Gasteiger partial charge in [-0.15, -0.1) is 0 Å². The topological polar surface area (TPSA) is 24.7 Å². The van der Waals surface area contributed by atoms with Crippen molar-refractivity contribution in [1.82, 2.24) is 0 Å². The lowest BCUT2D eigenvalue weighted by Gasteiger charge is -1.99. The second-order valence-electron chi connectivity index (χ2n) is 5.09. The molecule has 2 nitrogen and oxygen atoms in total. The SMILES string of the molecule is CCCc1ccc(/C=N/N=C/c2cc(F)c(C)c(F)c2)cc1. The van der Waals surface area contributed by atoms with Crippen molar-refractivity contribution in [2.75, 3.05) is 0 Å². The lowest BCUT2D eigenvalue weighted by molar-refractivity contribution is 0.568. The largest absolute Gasteiger partial charge is 0.207 e. The van der Waals surface area contributed by atoms with Crippen LogP contribution >= 0.6 is 0 Å². The molecule has 0 saturated heterocycles. The molecular formula is C18H18F2N2. The molecule has 0 bridgehead atoms. The number of nitrogens with zero attached hydrogens (tertiary/aromatic N) is 2. The van der Waals surface area contributed by atoms with Gasteiger partial charge >= 0.3 is 0 Å². The quantitative estimate of drug-likeness (QED) is 0.566. The minimum absolute atomic E-state index is 0.00724. The second-order valence-corrected chi connectivity index (χ2v) is 5.09. The van der Waals surface area contributed by atoms with Crippen molar-refractivity contribution in [3.63, 3.8) is 0 Å². The molecule has 0 fully saturated rings. The third-order valence-electron chi connectivity index (χ3n) is 3.30. The van der Waals surface area contributed by atoms with Crippen LogP contribution in [-0.4, -0.2) is 12.4 Å². The van der Waals surface area contributed by atoms with Crippen LogP contribution in [0.1, 0.15) is 35.6 Å². The van der Waals surface area contributed by atoms with E-state index in [1.807, 2.05) is 12.1 Å². The van der Waals surface area contributed by atoms with Crippen LogP contribution in [0.25, 0.3) is 0 Å². The molecule has 0 unspecified atom stereocenters. The third kappa shape index (κ3) is 4.32. The van der Waals surface area contributed by atoms with Gasteiger partial charge in [-0.3, -0.25) is 0 Å². The first-order valence-corrected chi connectivity index (χ1v) is 7.21. The molecule has 114 valence electrons. The Morgan fingerprint density at radius 3 is 2.00 bits per heavy atom. The lowest BCUT2D eigenvalue weighted by atomic mass is 10.1. The fourth-order valence-corrected chi connectivity index (χ4v) is 2.00. The van der Waals surface area contributed by atoms with Crippen LogP contribution in [-0.2, 0) is 6.42 Å². The summed E-state index contributed by atoms with van der Waals surface area (Å²) in [6.07, 6.45) is 5.10. The van der Waals surface area contributed by atoms with E-state index < -0.39 is 11.6 Å². The standard InChI is InChI=1S/C18H18F2N2/c1-3-4-14-5-7-15(8-6-14)11-21-22-12-16-9-17(19)13(2)18(20)10-16/h5-12H,3-4H2,1-2H3/b21-11+,22-12+. The predicted octanol–water partition coefficient (Wildman–Crippen LogP) is 4.68. The smallest absolute Gasteiger partial charge is 0.129 e. The van der Waals surface area contributed by atoms with E-state index in [1.165, 1.54) is 30.8 Å². The zero-order valence-electron chi connectivity index (χ0n) is 12.7. The summed E-state index contributed by atoms with van der Waals surface area (Å²) < 4.78 is 26.7. The Labute approximate surface area is 129 Å². The molecule has 2 rings (SSSR count). The van der Waals surface area contributed by atoms with E-state index in [0.717, 1.165) is 18.4 Å². The molecule has 0 spiro atoms. The molecule has 0 aromatic heterocycles. The van der Waals surface area contributed by atoms with Gasteiger partial charge in [-0.05, 0) is 36.6 Å². The van der Waals surface area contributed by atoms with E-state index in [9.17, 15) is 8.78 Å². The number of rotatable bonds is 5. The Hall–Kier alpha value is -2.36. The molecule has 0 aliphatic heterocycles. The van der Waals surface area contributed by atoms with E-state index in [0.29, 0.717) is 5.56 Å². The molecule has 0 radical (unpaired) electrons. The summed E-state index contributed by atoms with van der Waals surface area (Å²) in [6.45, 7) is 3.53. The fraction of sp³-hybridized carbons (Fsp3) is 0.222. The second kappa shape index (κ2) is 7.59. The van der Waals surface area contributed by atoms with E-state index in [-0.39, 0.29) is 5.56 Å². The maximum atomic E-state index is 13.4. The van der Waals surface area contributed by atoms with Crippen molar-refractivity contribution in [3.05, 3.63) is 70.3 Å². The van der Waals surface area contributed by atoms with Crippen LogP contribution in [0.5, 0.6) is 0 Å². The van der Waals surface area contributed by atoms with Gasteiger partial charge in [0.2, 0.25) is 0 Å². The highest BCUT2D eigenvalue weighted by molar-refractivity contribution is 5.82. The molecule has 2 aromatic carbocycles. The van der Waals surface area contributed by atoms with Crippen LogP contribution in [0.3, 0.4) is 0 Å². The van der Waals surface area contributed by atoms with Crippen LogP contribution in [0.2, 0.25) is 0 Å². The first-order chi connectivity index (χ1) is 10.6. The Bertz CT molecular complexity index is 666. The molecule has 4 heteroatoms. The maximum absolute atomic E-state index is 13.4. The molecule has 0 N–H and O–H groups in total. The summed E-state index contributed by atoms with van der Waals surface area (Å²) in [5.41, 5.74) is 2.57. The van der Waals surface area contributed by atoms with Crippen molar-refractivity contribution < 1.29 is 8.78 Å². The summed E-state index contributed by atoms with van der Waals surface area (Å²) in [5.74, 6) is -1.17. The molecule has 22 heavy (non-hydrogen) atoms. The Kier molecular flexibility index (Phi) is 5.53. The number of aryl methyl sites for hydroxylation is 1. The summed E-state index contributed by atoms with van der Waals surface area (Å²) in [5, 5.41) is 7.71. The first kappa shape index (κ1) is 16.0. The monoisotopic (exact) mass is 300 g/mol. The molecule has 0 atom stereocenters. The van der Waals surface area contributed by atoms with Crippen molar-refractivity contribution in [3.8, 4) is 0 Å². The van der Waals surface area contributed by atoms with Gasteiger partial charge in [0.1, 0.15) is 11.6 Å². The molecule has 0 aliphatic carbocycles. The van der Waals surface area contributed by atoms with Gasteiger partial charge in [-0.25, -0.2) is 8.78 Å². The van der Waals surface area contributed by atoms with Gasteiger partial charge in [0, 0.05) is 11.1 Å². The molecule has 0 heterocycles. The van der Waals surface area contributed by atoms with E-state index in [1.54, 1.807) is 6.21 Å². The van der Waals surface area contributed by atoms with E-state index in [2.05, 4.69) is 29.3 Å². The highest BCUT2D eigenvalue weighted by Gasteiger charge is 2.04. The Balaban J connectivity index is 2.02. The number of hydrogen-bond donors (Lipinski definition) is 0. The average molecular weight is 300 g/mol. The summed E-state index contributed by atoms with van der Waals surface area (Å²) >= 11 is 0. The van der Waals surface area contributed by atoms with Crippen LogP contribution in [0, 0.1) is 18.6 Å². The van der Waals surface area contributed by atoms with Gasteiger partial charge in [0.05, 0.1) is 12.4 Å². The molecular weight excluding hydrogens is 282 g/mol. The molecule has 0 saturated carbocycles. The van der Waals surface area contributed by atoms with Crippen LogP contribution < -0.4 is 0 Å². The Morgan fingerprint density at radius 1 is 0.909 bits per heavy atom.